The molecule has 1 aromatic rings. The first-order valence-corrected chi connectivity index (χ1v) is 10.2. The van der Waals surface area contributed by atoms with Crippen molar-refractivity contribution in [3.63, 3.8) is 0 Å². The van der Waals surface area contributed by atoms with E-state index in [4.69, 9.17) is 0 Å². The van der Waals surface area contributed by atoms with Crippen molar-refractivity contribution < 1.29 is 23.1 Å². The SMILES string of the molecule is Cc1cc2c(c3c1S(=O)(=O)CC3)C(=O)[C@@H]1CC([C@H](C)O)=CC[C@@H]1C2=O. The lowest BCUT2D eigenvalue weighted by Gasteiger charge is -2.35. The normalized spacial score (nSPS) is 28.0. The Kier molecular flexibility index (Phi) is 3.57. The second kappa shape index (κ2) is 5.35. The van der Waals surface area contributed by atoms with E-state index in [1.54, 1.807) is 19.9 Å². The third-order valence-corrected chi connectivity index (χ3v) is 7.73. The van der Waals surface area contributed by atoms with Crippen LogP contribution in [-0.2, 0) is 16.3 Å². The molecule has 1 heterocycles. The fourth-order valence-electron chi connectivity index (χ4n) is 4.57. The van der Waals surface area contributed by atoms with E-state index in [1.807, 2.05) is 6.08 Å². The van der Waals surface area contributed by atoms with Crippen LogP contribution in [0.15, 0.2) is 22.6 Å². The minimum Gasteiger partial charge on any atom is -0.389 e. The van der Waals surface area contributed by atoms with Gasteiger partial charge in [0.25, 0.3) is 0 Å². The number of carbonyl (C=O) groups excluding carboxylic acids is 2. The molecule has 0 aromatic heterocycles. The van der Waals surface area contributed by atoms with Gasteiger partial charge in [-0.05, 0) is 55.9 Å². The Morgan fingerprint density at radius 1 is 1.20 bits per heavy atom. The predicted octanol–water partition coefficient (Wildman–Crippen LogP) is 2.04. The molecule has 0 radical (unpaired) electrons. The molecule has 0 bridgehead atoms. The minimum absolute atomic E-state index is 0.00593. The zero-order valence-corrected chi connectivity index (χ0v) is 15.0. The number of sulfone groups is 1. The molecule has 1 N–H and O–H groups in total. The number of ketones is 2. The number of carbonyl (C=O) groups is 2. The van der Waals surface area contributed by atoms with Crippen LogP contribution < -0.4 is 0 Å². The first-order valence-electron chi connectivity index (χ1n) is 8.57. The number of Topliss-reactive ketones (excluding diaryl/α,β-unsaturated/α-hetero) is 2. The average Bonchev–Trinajstić information content (AvgIpc) is 2.88. The third-order valence-electron chi connectivity index (χ3n) is 5.79. The maximum absolute atomic E-state index is 13.2. The number of fused-ring (bicyclic) bond motifs is 4. The first kappa shape index (κ1) is 16.7. The maximum atomic E-state index is 13.2. The van der Waals surface area contributed by atoms with Crippen molar-refractivity contribution in [2.24, 2.45) is 11.8 Å². The van der Waals surface area contributed by atoms with E-state index in [0.29, 0.717) is 35.1 Å². The summed E-state index contributed by atoms with van der Waals surface area (Å²) in [5.74, 6) is -1.12. The van der Waals surface area contributed by atoms with E-state index in [0.717, 1.165) is 5.57 Å². The van der Waals surface area contributed by atoms with Crippen LogP contribution in [0, 0.1) is 18.8 Å². The number of aryl methyl sites for hydroxylation is 1. The molecule has 2 aliphatic carbocycles. The summed E-state index contributed by atoms with van der Waals surface area (Å²) < 4.78 is 24.7. The van der Waals surface area contributed by atoms with Gasteiger partial charge < -0.3 is 5.11 Å². The molecule has 1 aliphatic heterocycles. The Bertz CT molecular complexity index is 953. The lowest BCUT2D eigenvalue weighted by atomic mass is 9.66. The molecule has 1 aromatic carbocycles. The van der Waals surface area contributed by atoms with Gasteiger partial charge in [0.05, 0.1) is 16.8 Å². The van der Waals surface area contributed by atoms with Crippen molar-refractivity contribution >= 4 is 21.4 Å². The van der Waals surface area contributed by atoms with Crippen molar-refractivity contribution in [1.82, 2.24) is 0 Å². The second-order valence-corrected chi connectivity index (χ2v) is 9.37. The van der Waals surface area contributed by atoms with Crippen molar-refractivity contribution in [2.75, 3.05) is 5.75 Å². The van der Waals surface area contributed by atoms with E-state index in [2.05, 4.69) is 0 Å². The zero-order valence-electron chi connectivity index (χ0n) is 14.2. The van der Waals surface area contributed by atoms with E-state index >= 15 is 0 Å². The molecule has 132 valence electrons. The third kappa shape index (κ3) is 2.27. The summed E-state index contributed by atoms with van der Waals surface area (Å²) >= 11 is 0. The van der Waals surface area contributed by atoms with Gasteiger partial charge >= 0.3 is 0 Å². The number of benzene rings is 1. The van der Waals surface area contributed by atoms with Gasteiger partial charge in [-0.15, -0.1) is 0 Å². The Morgan fingerprint density at radius 3 is 2.60 bits per heavy atom. The van der Waals surface area contributed by atoms with Crippen LogP contribution in [0.4, 0.5) is 0 Å². The van der Waals surface area contributed by atoms with E-state index in [1.165, 1.54) is 0 Å². The summed E-state index contributed by atoms with van der Waals surface area (Å²) in [5, 5.41) is 9.83. The van der Waals surface area contributed by atoms with Gasteiger partial charge in [0.15, 0.2) is 21.4 Å². The molecule has 25 heavy (non-hydrogen) atoms. The summed E-state index contributed by atoms with van der Waals surface area (Å²) in [4.78, 5) is 26.4. The quantitative estimate of drug-likeness (QED) is 0.774. The summed E-state index contributed by atoms with van der Waals surface area (Å²) in [6.07, 6.45) is 2.32. The smallest absolute Gasteiger partial charge is 0.179 e. The molecule has 0 unspecified atom stereocenters. The van der Waals surface area contributed by atoms with Crippen molar-refractivity contribution in [3.8, 4) is 0 Å². The zero-order chi connectivity index (χ0) is 18.1. The van der Waals surface area contributed by atoms with Crippen molar-refractivity contribution in [3.05, 3.63) is 40.0 Å². The molecule has 4 rings (SSSR count). The highest BCUT2D eigenvalue weighted by Crippen LogP contribution is 2.44. The molecule has 3 atom stereocenters. The standard InChI is InChI=1S/C19H20O5S/c1-9-7-15-16(13-5-6-25(23,24)19(9)13)18(22)14-8-11(10(2)20)3-4-12(14)17(15)21/h3,7,10,12,14,20H,4-6,8H2,1-2H3/t10-,12-,14+/m0/s1. The summed E-state index contributed by atoms with van der Waals surface area (Å²) in [7, 11) is -3.38. The second-order valence-electron chi connectivity index (χ2n) is 7.33. The van der Waals surface area contributed by atoms with E-state index in [9.17, 15) is 23.1 Å². The summed E-state index contributed by atoms with van der Waals surface area (Å²) in [6.45, 7) is 3.35. The molecule has 6 heteroatoms. The largest absolute Gasteiger partial charge is 0.389 e. The monoisotopic (exact) mass is 360 g/mol. The highest BCUT2D eigenvalue weighted by Gasteiger charge is 2.46. The van der Waals surface area contributed by atoms with Gasteiger partial charge in [0, 0.05) is 23.0 Å². The minimum atomic E-state index is -3.38. The van der Waals surface area contributed by atoms with Gasteiger partial charge in [-0.25, -0.2) is 8.42 Å². The van der Waals surface area contributed by atoms with Crippen molar-refractivity contribution in [1.29, 1.82) is 0 Å². The molecule has 5 nitrogen and oxygen atoms in total. The molecule has 3 aliphatic rings. The Morgan fingerprint density at radius 2 is 1.92 bits per heavy atom. The van der Waals surface area contributed by atoms with Gasteiger partial charge in [0.2, 0.25) is 0 Å². The summed E-state index contributed by atoms with van der Waals surface area (Å²) in [6, 6.07) is 1.58. The first-order chi connectivity index (χ1) is 11.7. The fraction of sp³-hybridized carbons (Fsp3) is 0.474. The molecule has 0 saturated carbocycles. The van der Waals surface area contributed by atoms with Crippen LogP contribution >= 0.6 is 0 Å². The van der Waals surface area contributed by atoms with Crippen LogP contribution in [0.25, 0.3) is 0 Å². The maximum Gasteiger partial charge on any atom is 0.179 e. The van der Waals surface area contributed by atoms with Crippen LogP contribution in [0.1, 0.15) is 51.6 Å². The van der Waals surface area contributed by atoms with Crippen LogP contribution in [0.5, 0.6) is 0 Å². The lowest BCUT2D eigenvalue weighted by molar-refractivity contribution is 0.0714. The van der Waals surface area contributed by atoms with Crippen LogP contribution in [0.3, 0.4) is 0 Å². The fourth-order valence-corrected chi connectivity index (χ4v) is 6.37. The Hall–Kier alpha value is -1.79. The van der Waals surface area contributed by atoms with Crippen molar-refractivity contribution in [2.45, 2.75) is 44.1 Å². The Balaban J connectivity index is 1.91. The molecular weight excluding hydrogens is 340 g/mol. The Labute approximate surface area is 146 Å². The highest BCUT2D eigenvalue weighted by molar-refractivity contribution is 7.91. The number of rotatable bonds is 1. The molecular formula is C19H20O5S. The number of aliphatic hydroxyl groups is 1. The van der Waals surface area contributed by atoms with E-state index in [-0.39, 0.29) is 28.6 Å². The van der Waals surface area contributed by atoms with Gasteiger partial charge in [-0.2, -0.15) is 0 Å². The number of hydrogen-bond donors (Lipinski definition) is 1. The van der Waals surface area contributed by atoms with E-state index < -0.39 is 27.8 Å². The average molecular weight is 360 g/mol. The molecule has 0 amide bonds. The lowest BCUT2D eigenvalue weighted by Crippen LogP contribution is -2.40. The predicted molar refractivity (Wildman–Crippen MR) is 91.6 cm³/mol. The van der Waals surface area contributed by atoms with Gasteiger partial charge in [0.1, 0.15) is 0 Å². The van der Waals surface area contributed by atoms with Crippen LogP contribution in [-0.4, -0.2) is 36.9 Å². The van der Waals surface area contributed by atoms with Gasteiger partial charge in [-0.3, -0.25) is 9.59 Å². The highest BCUT2D eigenvalue weighted by atomic mass is 32.2. The summed E-state index contributed by atoms with van der Waals surface area (Å²) in [5.41, 5.74) is 2.57. The topological polar surface area (TPSA) is 88.5 Å². The molecule has 0 spiro atoms. The molecule has 0 fully saturated rings. The molecule has 0 saturated heterocycles. The number of aliphatic hydroxyl groups excluding tert-OH is 1. The number of hydrogen-bond acceptors (Lipinski definition) is 5. The number of allylic oxidation sites excluding steroid dienone is 1. The van der Waals surface area contributed by atoms with Crippen LogP contribution in [0.2, 0.25) is 0 Å². The van der Waals surface area contributed by atoms with Gasteiger partial charge in [-0.1, -0.05) is 6.08 Å².